The first-order chi connectivity index (χ1) is 8.63. The van der Waals surface area contributed by atoms with Crippen molar-refractivity contribution < 1.29 is 4.74 Å². The third-order valence-electron chi connectivity index (χ3n) is 4.02. The molecule has 0 saturated carbocycles. The van der Waals surface area contributed by atoms with Gasteiger partial charge in [0.25, 0.3) is 0 Å². The number of aromatic nitrogens is 2. The highest BCUT2D eigenvalue weighted by Gasteiger charge is 2.24. The van der Waals surface area contributed by atoms with E-state index in [1.807, 2.05) is 11.7 Å². The molecule has 1 aromatic heterocycles. The predicted molar refractivity (Wildman–Crippen MR) is 70.9 cm³/mol. The number of hydrogen-bond donors (Lipinski definition) is 2. The van der Waals surface area contributed by atoms with E-state index in [1.165, 1.54) is 11.3 Å². The minimum absolute atomic E-state index is 0.196. The van der Waals surface area contributed by atoms with Gasteiger partial charge in [-0.2, -0.15) is 5.10 Å². The molecule has 1 aliphatic heterocycles. The smallest absolute Gasteiger partial charge is 0.0644 e. The van der Waals surface area contributed by atoms with Crippen molar-refractivity contribution in [2.45, 2.75) is 39.2 Å². The highest BCUT2D eigenvalue weighted by Crippen LogP contribution is 2.30. The molecule has 1 atom stereocenters. The largest absolute Gasteiger partial charge is 0.381 e. The van der Waals surface area contributed by atoms with Gasteiger partial charge in [-0.15, -0.1) is 0 Å². The van der Waals surface area contributed by atoms with Crippen LogP contribution < -0.4 is 11.3 Å². The summed E-state index contributed by atoms with van der Waals surface area (Å²) in [7, 11) is 1.98. The van der Waals surface area contributed by atoms with Gasteiger partial charge < -0.3 is 4.74 Å². The van der Waals surface area contributed by atoms with Crippen LogP contribution in [0.1, 0.15) is 42.3 Å². The number of hydrogen-bond acceptors (Lipinski definition) is 4. The third-order valence-corrected chi connectivity index (χ3v) is 4.02. The first kappa shape index (κ1) is 13.5. The van der Waals surface area contributed by atoms with E-state index in [0.29, 0.717) is 5.92 Å². The maximum atomic E-state index is 5.75. The van der Waals surface area contributed by atoms with E-state index in [0.717, 1.165) is 38.2 Å². The van der Waals surface area contributed by atoms with Crippen LogP contribution in [0.15, 0.2) is 0 Å². The first-order valence-corrected chi connectivity index (χ1v) is 6.67. The second kappa shape index (κ2) is 5.82. The highest BCUT2D eigenvalue weighted by molar-refractivity contribution is 5.28. The minimum atomic E-state index is 0.196. The fraction of sp³-hybridized carbons (Fsp3) is 0.769. The quantitative estimate of drug-likeness (QED) is 0.627. The van der Waals surface area contributed by atoms with Crippen molar-refractivity contribution >= 4 is 0 Å². The Morgan fingerprint density at radius 2 is 2.11 bits per heavy atom. The van der Waals surface area contributed by atoms with Gasteiger partial charge in [0.2, 0.25) is 0 Å². The summed E-state index contributed by atoms with van der Waals surface area (Å²) < 4.78 is 7.33. The Hall–Kier alpha value is -0.910. The van der Waals surface area contributed by atoms with Gasteiger partial charge in [0.1, 0.15) is 0 Å². The summed E-state index contributed by atoms with van der Waals surface area (Å²) in [6.07, 6.45) is 3.33. The molecule has 1 aromatic rings. The number of nitrogens with two attached hydrogens (primary N) is 1. The van der Waals surface area contributed by atoms with Crippen molar-refractivity contribution in [2.75, 3.05) is 13.2 Å². The van der Waals surface area contributed by atoms with Crippen molar-refractivity contribution in [3.8, 4) is 0 Å². The lowest BCUT2D eigenvalue weighted by atomic mass is 9.89. The van der Waals surface area contributed by atoms with Gasteiger partial charge in [0.05, 0.1) is 5.69 Å². The van der Waals surface area contributed by atoms with Crippen LogP contribution in [0, 0.1) is 19.8 Å². The highest BCUT2D eigenvalue weighted by atomic mass is 16.5. The summed E-state index contributed by atoms with van der Waals surface area (Å²) in [5.74, 6) is 6.44. The Labute approximate surface area is 109 Å². The van der Waals surface area contributed by atoms with Crippen molar-refractivity contribution in [3.05, 3.63) is 17.0 Å². The molecule has 0 bridgehead atoms. The number of nitrogens with zero attached hydrogens (tertiary/aromatic N) is 2. The second-order valence-electron chi connectivity index (χ2n) is 5.22. The summed E-state index contributed by atoms with van der Waals surface area (Å²) in [6.45, 7) is 5.92. The molecule has 5 nitrogen and oxygen atoms in total. The van der Waals surface area contributed by atoms with E-state index < -0.39 is 0 Å². The molecule has 18 heavy (non-hydrogen) atoms. The van der Waals surface area contributed by atoms with Crippen molar-refractivity contribution in [2.24, 2.45) is 18.8 Å². The summed E-state index contributed by atoms with van der Waals surface area (Å²) >= 11 is 0. The van der Waals surface area contributed by atoms with Crippen molar-refractivity contribution in [1.82, 2.24) is 15.2 Å². The zero-order valence-electron chi connectivity index (χ0n) is 11.6. The lowest BCUT2D eigenvalue weighted by Gasteiger charge is -2.26. The number of aryl methyl sites for hydroxylation is 2. The summed E-state index contributed by atoms with van der Waals surface area (Å²) in [5, 5.41) is 4.47. The molecule has 102 valence electrons. The fourth-order valence-corrected chi connectivity index (χ4v) is 2.88. The summed E-state index contributed by atoms with van der Waals surface area (Å²) in [5.41, 5.74) is 6.49. The number of hydrazine groups is 1. The molecule has 1 saturated heterocycles. The van der Waals surface area contributed by atoms with Crippen LogP contribution in [0.4, 0.5) is 0 Å². The average Bonchev–Trinajstić information content (AvgIpc) is 2.62. The molecular weight excluding hydrogens is 228 g/mol. The van der Waals surface area contributed by atoms with Gasteiger partial charge >= 0.3 is 0 Å². The molecule has 0 aromatic carbocycles. The number of rotatable bonds is 4. The third kappa shape index (κ3) is 2.74. The standard InChI is InChI=1S/C13H24N4O/c1-9-13(10(2)17(3)16-9)12(15-14)8-11-4-6-18-7-5-11/h11-12,15H,4-8,14H2,1-3H3. The topological polar surface area (TPSA) is 65.1 Å². The molecule has 3 N–H and O–H groups in total. The van der Waals surface area contributed by atoms with E-state index in [-0.39, 0.29) is 6.04 Å². The molecular formula is C13H24N4O. The Morgan fingerprint density at radius 1 is 1.44 bits per heavy atom. The molecule has 1 aliphatic rings. The summed E-state index contributed by atoms with van der Waals surface area (Å²) in [4.78, 5) is 0. The molecule has 1 unspecified atom stereocenters. The van der Waals surface area contributed by atoms with Crippen LogP contribution in [-0.4, -0.2) is 23.0 Å². The molecule has 2 heterocycles. The molecule has 5 heteroatoms. The second-order valence-corrected chi connectivity index (χ2v) is 5.22. The van der Waals surface area contributed by atoms with Crippen LogP contribution in [0.25, 0.3) is 0 Å². The van der Waals surface area contributed by atoms with E-state index in [2.05, 4.69) is 24.4 Å². The summed E-state index contributed by atoms with van der Waals surface area (Å²) in [6, 6.07) is 0.196. The van der Waals surface area contributed by atoms with E-state index in [9.17, 15) is 0 Å². The van der Waals surface area contributed by atoms with Crippen molar-refractivity contribution in [1.29, 1.82) is 0 Å². The monoisotopic (exact) mass is 252 g/mol. The zero-order chi connectivity index (χ0) is 13.1. The molecule has 0 spiro atoms. The fourth-order valence-electron chi connectivity index (χ4n) is 2.88. The van der Waals surface area contributed by atoms with E-state index >= 15 is 0 Å². The molecule has 1 fully saturated rings. The normalized spacial score (nSPS) is 19.1. The Balaban J connectivity index is 2.12. The van der Waals surface area contributed by atoms with Crippen LogP contribution in [-0.2, 0) is 11.8 Å². The Kier molecular flexibility index (Phi) is 4.37. The number of nitrogens with one attached hydrogen (secondary N) is 1. The van der Waals surface area contributed by atoms with Crippen LogP contribution in [0.2, 0.25) is 0 Å². The predicted octanol–water partition coefficient (Wildman–Crippen LogP) is 1.36. The maximum absolute atomic E-state index is 5.75. The average molecular weight is 252 g/mol. The van der Waals surface area contributed by atoms with Crippen molar-refractivity contribution in [3.63, 3.8) is 0 Å². The van der Waals surface area contributed by atoms with Crippen LogP contribution in [0.3, 0.4) is 0 Å². The van der Waals surface area contributed by atoms with E-state index in [4.69, 9.17) is 10.6 Å². The first-order valence-electron chi connectivity index (χ1n) is 6.67. The molecule has 2 rings (SSSR count). The Morgan fingerprint density at radius 3 is 2.61 bits per heavy atom. The van der Waals surface area contributed by atoms with Gasteiger partial charge in [-0.3, -0.25) is 16.0 Å². The van der Waals surface area contributed by atoms with Gasteiger partial charge in [-0.25, -0.2) is 0 Å². The lowest BCUT2D eigenvalue weighted by molar-refractivity contribution is 0.0604. The van der Waals surface area contributed by atoms with Gasteiger partial charge in [0, 0.05) is 37.6 Å². The number of ether oxygens (including phenoxy) is 1. The van der Waals surface area contributed by atoms with Crippen LogP contribution in [0.5, 0.6) is 0 Å². The zero-order valence-corrected chi connectivity index (χ0v) is 11.6. The maximum Gasteiger partial charge on any atom is 0.0644 e. The SMILES string of the molecule is Cc1nn(C)c(C)c1C(CC1CCOCC1)NN. The lowest BCUT2D eigenvalue weighted by Crippen LogP contribution is -2.31. The van der Waals surface area contributed by atoms with Gasteiger partial charge in [-0.1, -0.05) is 0 Å². The minimum Gasteiger partial charge on any atom is -0.381 e. The molecule has 0 aliphatic carbocycles. The molecule has 0 amide bonds. The molecule has 0 radical (unpaired) electrons. The van der Waals surface area contributed by atoms with Gasteiger partial charge in [-0.05, 0) is 39.0 Å². The van der Waals surface area contributed by atoms with Gasteiger partial charge in [0.15, 0.2) is 0 Å². The Bertz CT molecular complexity index is 396. The van der Waals surface area contributed by atoms with Crippen LogP contribution >= 0.6 is 0 Å². The van der Waals surface area contributed by atoms with E-state index in [1.54, 1.807) is 0 Å².